The van der Waals surface area contributed by atoms with E-state index in [0.717, 1.165) is 51.6 Å². The molecule has 4 heteroatoms. The van der Waals surface area contributed by atoms with Crippen LogP contribution in [0.5, 0.6) is 0 Å². The number of likely N-dealkylation sites (tertiary alicyclic amines) is 1. The highest BCUT2D eigenvalue weighted by atomic mass is 16.2. The van der Waals surface area contributed by atoms with Gasteiger partial charge in [0, 0.05) is 19.0 Å². The van der Waals surface area contributed by atoms with Gasteiger partial charge in [0.05, 0.1) is 6.54 Å². The zero-order valence-electron chi connectivity index (χ0n) is 11.8. The summed E-state index contributed by atoms with van der Waals surface area (Å²) >= 11 is 0. The highest BCUT2D eigenvalue weighted by Crippen LogP contribution is 2.23. The van der Waals surface area contributed by atoms with Crippen LogP contribution in [-0.2, 0) is 9.59 Å². The highest BCUT2D eigenvalue weighted by molar-refractivity contribution is 5.85. The van der Waals surface area contributed by atoms with Gasteiger partial charge in [-0.05, 0) is 25.7 Å². The van der Waals surface area contributed by atoms with E-state index in [2.05, 4.69) is 5.32 Å². The van der Waals surface area contributed by atoms with Crippen LogP contribution < -0.4 is 5.32 Å². The van der Waals surface area contributed by atoms with Crippen molar-refractivity contribution in [3.63, 3.8) is 0 Å². The minimum absolute atomic E-state index is 0.0860. The predicted molar refractivity (Wildman–Crippen MR) is 74.6 cm³/mol. The van der Waals surface area contributed by atoms with E-state index in [1.54, 1.807) is 0 Å². The molecule has 1 saturated carbocycles. The molecule has 0 aromatic rings. The van der Waals surface area contributed by atoms with Crippen LogP contribution in [-0.4, -0.2) is 36.3 Å². The van der Waals surface area contributed by atoms with E-state index in [9.17, 15) is 9.59 Å². The fourth-order valence-electron chi connectivity index (χ4n) is 3.10. The molecule has 1 aliphatic heterocycles. The molecule has 0 aromatic heterocycles. The second-order valence-electron chi connectivity index (χ2n) is 5.85. The van der Waals surface area contributed by atoms with Crippen LogP contribution in [0.3, 0.4) is 0 Å². The molecule has 0 radical (unpaired) electrons. The van der Waals surface area contributed by atoms with Crippen molar-refractivity contribution < 1.29 is 9.59 Å². The third-order valence-electron chi connectivity index (χ3n) is 4.35. The lowest BCUT2D eigenvalue weighted by molar-refractivity contribution is -0.134. The monoisotopic (exact) mass is 266 g/mol. The molecule has 1 heterocycles. The highest BCUT2D eigenvalue weighted by Gasteiger charge is 2.22. The van der Waals surface area contributed by atoms with Crippen LogP contribution in [0.25, 0.3) is 0 Å². The van der Waals surface area contributed by atoms with Crippen LogP contribution in [0.15, 0.2) is 0 Å². The van der Waals surface area contributed by atoms with E-state index in [0.29, 0.717) is 0 Å². The van der Waals surface area contributed by atoms with Crippen LogP contribution in [0.1, 0.15) is 57.8 Å². The van der Waals surface area contributed by atoms with E-state index in [1.165, 1.54) is 19.3 Å². The van der Waals surface area contributed by atoms with Gasteiger partial charge >= 0.3 is 0 Å². The third-order valence-corrected chi connectivity index (χ3v) is 4.35. The molecule has 0 bridgehead atoms. The summed E-state index contributed by atoms with van der Waals surface area (Å²) in [4.78, 5) is 25.9. The maximum atomic E-state index is 12.0. The first-order chi connectivity index (χ1) is 9.27. The molecule has 1 N–H and O–H groups in total. The van der Waals surface area contributed by atoms with Crippen molar-refractivity contribution in [2.75, 3.05) is 19.6 Å². The minimum Gasteiger partial charge on any atom is -0.347 e. The van der Waals surface area contributed by atoms with Crippen LogP contribution >= 0.6 is 0 Å². The molecule has 2 fully saturated rings. The molecule has 2 aliphatic rings. The van der Waals surface area contributed by atoms with Gasteiger partial charge < -0.3 is 10.2 Å². The number of amides is 2. The molecule has 1 saturated heterocycles. The molecule has 1 aliphatic carbocycles. The summed E-state index contributed by atoms with van der Waals surface area (Å²) in [7, 11) is 0. The number of rotatable bonds is 3. The van der Waals surface area contributed by atoms with E-state index in [1.807, 2.05) is 4.90 Å². The summed E-state index contributed by atoms with van der Waals surface area (Å²) in [5.41, 5.74) is 0. The van der Waals surface area contributed by atoms with Crippen molar-refractivity contribution in [1.29, 1.82) is 0 Å². The van der Waals surface area contributed by atoms with Gasteiger partial charge in [0.25, 0.3) is 0 Å². The number of carbonyl (C=O) groups is 2. The summed E-state index contributed by atoms with van der Waals surface area (Å²) in [5, 5.41) is 2.84. The second-order valence-corrected chi connectivity index (χ2v) is 5.85. The quantitative estimate of drug-likeness (QED) is 0.850. The third kappa shape index (κ3) is 4.51. The molecule has 108 valence electrons. The van der Waals surface area contributed by atoms with Crippen LogP contribution in [0.2, 0.25) is 0 Å². The van der Waals surface area contributed by atoms with Gasteiger partial charge in [-0.2, -0.15) is 0 Å². The fourth-order valence-corrected chi connectivity index (χ4v) is 3.10. The maximum Gasteiger partial charge on any atom is 0.241 e. The summed E-state index contributed by atoms with van der Waals surface area (Å²) in [5.74, 6) is 0.319. The Labute approximate surface area is 115 Å². The molecule has 19 heavy (non-hydrogen) atoms. The summed E-state index contributed by atoms with van der Waals surface area (Å²) in [6.07, 6.45) is 10.2. The van der Waals surface area contributed by atoms with Crippen molar-refractivity contribution in [2.24, 2.45) is 5.92 Å². The van der Waals surface area contributed by atoms with E-state index in [4.69, 9.17) is 0 Å². The van der Waals surface area contributed by atoms with Gasteiger partial charge in [-0.3, -0.25) is 9.59 Å². The Balaban J connectivity index is 1.71. The molecule has 4 nitrogen and oxygen atoms in total. The lowest BCUT2D eigenvalue weighted by Crippen LogP contribution is -2.42. The van der Waals surface area contributed by atoms with Gasteiger partial charge in [0.2, 0.25) is 11.8 Å². The smallest absolute Gasteiger partial charge is 0.241 e. The zero-order valence-corrected chi connectivity index (χ0v) is 11.8. The summed E-state index contributed by atoms with van der Waals surface area (Å²) in [6.45, 7) is 1.91. The first kappa shape index (κ1) is 14.4. The maximum absolute atomic E-state index is 12.0. The molecule has 0 unspecified atom stereocenters. The molecule has 2 amide bonds. The fraction of sp³-hybridized carbons (Fsp3) is 0.867. The Morgan fingerprint density at radius 1 is 0.895 bits per heavy atom. The van der Waals surface area contributed by atoms with E-state index >= 15 is 0 Å². The minimum atomic E-state index is 0.0860. The van der Waals surface area contributed by atoms with Crippen molar-refractivity contribution >= 4 is 11.8 Å². The van der Waals surface area contributed by atoms with Crippen LogP contribution in [0, 0.1) is 5.92 Å². The molecule has 2 rings (SSSR count). The zero-order chi connectivity index (χ0) is 13.5. The first-order valence-corrected chi connectivity index (χ1v) is 7.83. The Bertz CT molecular complexity index is 303. The van der Waals surface area contributed by atoms with Crippen molar-refractivity contribution in [3.05, 3.63) is 0 Å². The molecule has 0 aromatic carbocycles. The van der Waals surface area contributed by atoms with Crippen molar-refractivity contribution in [1.82, 2.24) is 10.2 Å². The largest absolute Gasteiger partial charge is 0.347 e. The molecular weight excluding hydrogens is 240 g/mol. The van der Waals surface area contributed by atoms with Crippen molar-refractivity contribution in [3.8, 4) is 0 Å². The Morgan fingerprint density at radius 3 is 2.11 bits per heavy atom. The second kappa shape index (κ2) is 7.51. The standard InChI is InChI=1S/C15H26N2O2/c18-14(17-10-6-1-2-7-11-17)12-16-15(19)13-8-4-3-5-9-13/h13H,1-12H2,(H,16,19). The summed E-state index contributed by atoms with van der Waals surface area (Å²) in [6, 6.07) is 0. The lowest BCUT2D eigenvalue weighted by Gasteiger charge is -2.23. The van der Waals surface area contributed by atoms with Gasteiger partial charge in [0.15, 0.2) is 0 Å². The van der Waals surface area contributed by atoms with Gasteiger partial charge in [-0.15, -0.1) is 0 Å². The normalized spacial score (nSPS) is 21.8. The predicted octanol–water partition coefficient (Wildman–Crippen LogP) is 2.09. The lowest BCUT2D eigenvalue weighted by atomic mass is 9.89. The number of hydrogen-bond donors (Lipinski definition) is 1. The Kier molecular flexibility index (Phi) is 5.67. The Morgan fingerprint density at radius 2 is 1.47 bits per heavy atom. The summed E-state index contributed by atoms with van der Waals surface area (Å²) < 4.78 is 0. The number of nitrogens with one attached hydrogen (secondary N) is 1. The van der Waals surface area contributed by atoms with Gasteiger partial charge in [0.1, 0.15) is 0 Å². The van der Waals surface area contributed by atoms with E-state index in [-0.39, 0.29) is 24.3 Å². The Hall–Kier alpha value is -1.06. The number of hydrogen-bond acceptors (Lipinski definition) is 2. The van der Waals surface area contributed by atoms with Gasteiger partial charge in [-0.25, -0.2) is 0 Å². The number of nitrogens with zero attached hydrogens (tertiary/aromatic N) is 1. The topological polar surface area (TPSA) is 49.4 Å². The van der Waals surface area contributed by atoms with E-state index < -0.39 is 0 Å². The SMILES string of the molecule is O=C(NCC(=O)N1CCCCCC1)C1CCCCC1. The van der Waals surface area contributed by atoms with Crippen molar-refractivity contribution in [2.45, 2.75) is 57.8 Å². The molecular formula is C15H26N2O2. The average molecular weight is 266 g/mol. The number of carbonyl (C=O) groups excluding carboxylic acids is 2. The molecule has 0 atom stereocenters. The van der Waals surface area contributed by atoms with Crippen LogP contribution in [0.4, 0.5) is 0 Å². The van der Waals surface area contributed by atoms with Gasteiger partial charge in [-0.1, -0.05) is 32.1 Å². The average Bonchev–Trinajstić information content (AvgIpc) is 2.74. The first-order valence-electron chi connectivity index (χ1n) is 7.83. The molecule has 0 spiro atoms.